The molecule has 1 unspecified atom stereocenters. The average molecular weight is 331 g/mol. The number of hydrogen-bond acceptors (Lipinski definition) is 2. The third kappa shape index (κ3) is 2.20. The largest absolute Gasteiger partial charge is 0.397 e. The van der Waals surface area contributed by atoms with Gasteiger partial charge in [-0.15, -0.1) is 0 Å². The maximum atomic E-state index is 12.4. The van der Waals surface area contributed by atoms with E-state index >= 15 is 0 Å². The highest BCUT2D eigenvalue weighted by Crippen LogP contribution is 2.36. The first-order valence-corrected chi connectivity index (χ1v) is 7.30. The second kappa shape index (κ2) is 4.94. The first-order chi connectivity index (χ1) is 9.56. The van der Waals surface area contributed by atoms with E-state index in [-0.39, 0.29) is 11.8 Å². The van der Waals surface area contributed by atoms with Gasteiger partial charge < -0.3 is 11.1 Å². The quantitative estimate of drug-likeness (QED) is 0.826. The van der Waals surface area contributed by atoms with Crippen LogP contribution in [-0.4, -0.2) is 5.91 Å². The van der Waals surface area contributed by atoms with Crippen LogP contribution in [0, 0.1) is 6.92 Å². The van der Waals surface area contributed by atoms with Crippen molar-refractivity contribution in [1.29, 1.82) is 0 Å². The van der Waals surface area contributed by atoms with Crippen molar-refractivity contribution in [3.05, 3.63) is 57.6 Å². The second-order valence-electron chi connectivity index (χ2n) is 5.13. The summed E-state index contributed by atoms with van der Waals surface area (Å²) in [6, 6.07) is 11.8. The molecule has 3 N–H and O–H groups in total. The number of amides is 1. The lowest BCUT2D eigenvalue weighted by molar-refractivity contribution is -0.118. The first-order valence-electron chi connectivity index (χ1n) is 6.50. The standard InChI is InChI=1S/C16H15BrN2O/c1-9-6-11(17)8-14(18)15(9)19-16(20)13-7-10-4-2-3-5-12(10)13/h2-6,8,13H,7,18H2,1H3,(H,19,20). The van der Waals surface area contributed by atoms with E-state index in [1.54, 1.807) is 6.07 Å². The summed E-state index contributed by atoms with van der Waals surface area (Å²) in [4.78, 5) is 12.4. The molecule has 0 aliphatic heterocycles. The molecule has 102 valence electrons. The fraction of sp³-hybridized carbons (Fsp3) is 0.188. The Balaban J connectivity index is 1.82. The van der Waals surface area contributed by atoms with Gasteiger partial charge in [0.25, 0.3) is 0 Å². The van der Waals surface area contributed by atoms with Crippen LogP contribution < -0.4 is 11.1 Å². The predicted octanol–water partition coefficient (Wildman–Crippen LogP) is 3.62. The average Bonchev–Trinajstić information content (AvgIpc) is 2.35. The molecule has 0 radical (unpaired) electrons. The number of anilines is 2. The van der Waals surface area contributed by atoms with Crippen LogP contribution in [0.25, 0.3) is 0 Å². The Morgan fingerprint density at radius 1 is 1.35 bits per heavy atom. The van der Waals surface area contributed by atoms with Crippen molar-refractivity contribution in [2.24, 2.45) is 0 Å². The molecule has 3 rings (SSSR count). The van der Waals surface area contributed by atoms with Crippen molar-refractivity contribution in [2.75, 3.05) is 11.1 Å². The van der Waals surface area contributed by atoms with E-state index in [4.69, 9.17) is 5.73 Å². The van der Waals surface area contributed by atoms with Gasteiger partial charge in [-0.3, -0.25) is 4.79 Å². The van der Waals surface area contributed by atoms with Crippen LogP contribution in [-0.2, 0) is 11.2 Å². The Morgan fingerprint density at radius 3 is 2.80 bits per heavy atom. The number of carbonyl (C=O) groups is 1. The highest BCUT2D eigenvalue weighted by molar-refractivity contribution is 9.10. The highest BCUT2D eigenvalue weighted by atomic mass is 79.9. The Labute approximate surface area is 126 Å². The van der Waals surface area contributed by atoms with E-state index in [1.807, 2.05) is 31.2 Å². The second-order valence-corrected chi connectivity index (χ2v) is 6.05. The Morgan fingerprint density at radius 2 is 2.10 bits per heavy atom. The molecule has 4 heteroatoms. The maximum absolute atomic E-state index is 12.4. The van der Waals surface area contributed by atoms with Crippen molar-refractivity contribution in [1.82, 2.24) is 0 Å². The summed E-state index contributed by atoms with van der Waals surface area (Å²) in [7, 11) is 0. The molecule has 0 aromatic heterocycles. The molecule has 0 fully saturated rings. The van der Waals surface area contributed by atoms with E-state index in [0.29, 0.717) is 11.4 Å². The lowest BCUT2D eigenvalue weighted by Gasteiger charge is -2.29. The zero-order chi connectivity index (χ0) is 14.3. The van der Waals surface area contributed by atoms with Crippen molar-refractivity contribution >= 4 is 33.2 Å². The minimum Gasteiger partial charge on any atom is -0.397 e. The van der Waals surface area contributed by atoms with Gasteiger partial charge in [-0.05, 0) is 42.2 Å². The number of nitrogens with one attached hydrogen (secondary N) is 1. The number of carbonyl (C=O) groups excluding carboxylic acids is 1. The minimum absolute atomic E-state index is 0.0147. The molecule has 0 saturated heterocycles. The minimum atomic E-state index is -0.0614. The third-order valence-corrected chi connectivity index (χ3v) is 4.21. The molecule has 0 saturated carbocycles. The molecule has 1 aliphatic rings. The lowest BCUT2D eigenvalue weighted by atomic mass is 9.77. The van der Waals surface area contributed by atoms with Crippen molar-refractivity contribution < 1.29 is 4.79 Å². The fourth-order valence-corrected chi connectivity index (χ4v) is 3.23. The molecule has 1 aliphatic carbocycles. The van der Waals surface area contributed by atoms with E-state index in [1.165, 1.54) is 5.56 Å². The van der Waals surface area contributed by atoms with E-state index < -0.39 is 0 Å². The molecule has 2 aromatic carbocycles. The molecule has 1 amide bonds. The zero-order valence-electron chi connectivity index (χ0n) is 11.1. The molecular formula is C16H15BrN2O. The molecule has 0 spiro atoms. The molecule has 1 atom stereocenters. The van der Waals surface area contributed by atoms with Gasteiger partial charge in [0.15, 0.2) is 0 Å². The fourth-order valence-electron chi connectivity index (χ4n) is 2.64. The van der Waals surface area contributed by atoms with E-state index in [0.717, 1.165) is 22.0 Å². The first kappa shape index (κ1) is 13.2. The Kier molecular flexibility index (Phi) is 3.26. The number of fused-ring (bicyclic) bond motifs is 1. The number of nitrogens with two attached hydrogens (primary N) is 1. The summed E-state index contributed by atoms with van der Waals surface area (Å²) >= 11 is 3.40. The summed E-state index contributed by atoms with van der Waals surface area (Å²) in [6.45, 7) is 1.94. The number of benzene rings is 2. The number of aryl methyl sites for hydroxylation is 1. The van der Waals surface area contributed by atoms with Crippen molar-refractivity contribution in [3.8, 4) is 0 Å². The summed E-state index contributed by atoms with van der Waals surface area (Å²) in [5, 5.41) is 2.96. The number of halogens is 1. The summed E-state index contributed by atoms with van der Waals surface area (Å²) in [5.74, 6) is -0.0468. The maximum Gasteiger partial charge on any atom is 0.232 e. The monoisotopic (exact) mass is 330 g/mol. The Bertz CT molecular complexity index is 674. The normalized spacial score (nSPS) is 16.2. The van der Waals surface area contributed by atoms with Gasteiger partial charge in [0.05, 0.1) is 17.3 Å². The summed E-state index contributed by atoms with van der Waals surface area (Å²) in [6.07, 6.45) is 0.803. The van der Waals surface area contributed by atoms with Gasteiger partial charge >= 0.3 is 0 Å². The van der Waals surface area contributed by atoms with Crippen LogP contribution in [0.1, 0.15) is 22.6 Å². The summed E-state index contributed by atoms with van der Waals surface area (Å²) < 4.78 is 0.916. The number of hydrogen-bond donors (Lipinski definition) is 2. The van der Waals surface area contributed by atoms with E-state index in [9.17, 15) is 4.79 Å². The Hall–Kier alpha value is -1.81. The van der Waals surface area contributed by atoms with Gasteiger partial charge in [-0.2, -0.15) is 0 Å². The van der Waals surface area contributed by atoms with Gasteiger partial charge in [0, 0.05) is 4.47 Å². The summed E-state index contributed by atoms with van der Waals surface area (Å²) in [5.41, 5.74) is 10.6. The zero-order valence-corrected chi connectivity index (χ0v) is 12.7. The van der Waals surface area contributed by atoms with E-state index in [2.05, 4.69) is 27.3 Å². The molecular weight excluding hydrogens is 316 g/mol. The molecule has 3 nitrogen and oxygen atoms in total. The molecule has 2 aromatic rings. The predicted molar refractivity (Wildman–Crippen MR) is 84.8 cm³/mol. The topological polar surface area (TPSA) is 55.1 Å². The lowest BCUT2D eigenvalue weighted by Crippen LogP contribution is -2.30. The van der Waals surface area contributed by atoms with Crippen molar-refractivity contribution in [3.63, 3.8) is 0 Å². The van der Waals surface area contributed by atoms with Gasteiger partial charge in [-0.1, -0.05) is 40.2 Å². The van der Waals surface area contributed by atoms with Crippen LogP contribution >= 0.6 is 15.9 Å². The van der Waals surface area contributed by atoms with Gasteiger partial charge in [0.2, 0.25) is 5.91 Å². The van der Waals surface area contributed by atoms with Crippen LogP contribution in [0.5, 0.6) is 0 Å². The SMILES string of the molecule is Cc1cc(Br)cc(N)c1NC(=O)C1Cc2ccccc21. The van der Waals surface area contributed by atoms with Crippen LogP contribution in [0.2, 0.25) is 0 Å². The highest BCUT2D eigenvalue weighted by Gasteiger charge is 2.32. The third-order valence-electron chi connectivity index (χ3n) is 3.75. The molecule has 20 heavy (non-hydrogen) atoms. The molecule has 0 bridgehead atoms. The van der Waals surface area contributed by atoms with Gasteiger partial charge in [0.1, 0.15) is 0 Å². The number of rotatable bonds is 2. The van der Waals surface area contributed by atoms with Crippen molar-refractivity contribution in [2.45, 2.75) is 19.3 Å². The van der Waals surface area contributed by atoms with Crippen LogP contribution in [0.3, 0.4) is 0 Å². The van der Waals surface area contributed by atoms with Crippen LogP contribution in [0.4, 0.5) is 11.4 Å². The number of nitrogen functional groups attached to an aromatic ring is 1. The van der Waals surface area contributed by atoms with Gasteiger partial charge in [-0.25, -0.2) is 0 Å². The molecule has 0 heterocycles. The smallest absolute Gasteiger partial charge is 0.232 e. The van der Waals surface area contributed by atoms with Crippen LogP contribution in [0.15, 0.2) is 40.9 Å².